The van der Waals surface area contributed by atoms with Gasteiger partial charge in [0.15, 0.2) is 6.29 Å². The van der Waals surface area contributed by atoms with Crippen molar-refractivity contribution in [2.45, 2.75) is 13.8 Å². The molecule has 13 heavy (non-hydrogen) atoms. The summed E-state index contributed by atoms with van der Waals surface area (Å²) in [5.41, 5.74) is 2.56. The summed E-state index contributed by atoms with van der Waals surface area (Å²) in [6.07, 6.45) is 0.912. The van der Waals surface area contributed by atoms with Crippen LogP contribution >= 0.6 is 11.3 Å². The number of thiophene rings is 1. The van der Waals surface area contributed by atoms with E-state index in [0.29, 0.717) is 0 Å². The Labute approximate surface area is 81.0 Å². The van der Waals surface area contributed by atoms with Crippen molar-refractivity contribution in [2.75, 3.05) is 0 Å². The van der Waals surface area contributed by atoms with E-state index in [-0.39, 0.29) is 0 Å². The van der Waals surface area contributed by atoms with Crippen LogP contribution in [0.15, 0.2) is 18.2 Å². The summed E-state index contributed by atoms with van der Waals surface area (Å²) in [5.74, 6) is 0. The molecule has 1 aromatic heterocycles. The fourth-order valence-corrected chi connectivity index (χ4v) is 2.34. The molecule has 0 spiro atoms. The third-order valence-corrected chi connectivity index (χ3v) is 3.29. The van der Waals surface area contributed by atoms with Crippen molar-refractivity contribution in [1.29, 1.82) is 0 Å². The summed E-state index contributed by atoms with van der Waals surface area (Å²) in [6, 6.07) is 6.22. The molecule has 2 heteroatoms. The third kappa shape index (κ3) is 1.38. The van der Waals surface area contributed by atoms with Crippen molar-refractivity contribution in [3.8, 4) is 0 Å². The van der Waals surface area contributed by atoms with Crippen LogP contribution in [-0.2, 0) is 0 Å². The van der Waals surface area contributed by atoms with Crippen molar-refractivity contribution in [3.63, 3.8) is 0 Å². The molecule has 2 rings (SSSR count). The molecule has 0 saturated carbocycles. The second-order valence-corrected chi connectivity index (χ2v) is 4.36. The number of fused-ring (bicyclic) bond motifs is 1. The Morgan fingerprint density at radius 3 is 2.54 bits per heavy atom. The molecule has 2 aromatic rings. The van der Waals surface area contributed by atoms with E-state index in [9.17, 15) is 4.79 Å². The van der Waals surface area contributed by atoms with Crippen molar-refractivity contribution in [1.82, 2.24) is 0 Å². The predicted octanol–water partition coefficient (Wildman–Crippen LogP) is 3.33. The summed E-state index contributed by atoms with van der Waals surface area (Å²) < 4.78 is 1.20. The van der Waals surface area contributed by atoms with E-state index < -0.39 is 0 Å². The normalized spacial score (nSPS) is 10.6. The largest absolute Gasteiger partial charge is 0.297 e. The van der Waals surface area contributed by atoms with Gasteiger partial charge in [0, 0.05) is 4.70 Å². The van der Waals surface area contributed by atoms with Gasteiger partial charge >= 0.3 is 0 Å². The van der Waals surface area contributed by atoms with Crippen LogP contribution in [0, 0.1) is 13.8 Å². The first-order chi connectivity index (χ1) is 6.20. The molecule has 0 aliphatic rings. The number of aryl methyl sites for hydroxylation is 2. The summed E-state index contributed by atoms with van der Waals surface area (Å²) >= 11 is 1.55. The highest BCUT2D eigenvalue weighted by Gasteiger charge is 2.02. The van der Waals surface area contributed by atoms with Gasteiger partial charge in [-0.3, -0.25) is 4.79 Å². The van der Waals surface area contributed by atoms with Crippen molar-refractivity contribution >= 4 is 27.7 Å². The van der Waals surface area contributed by atoms with Gasteiger partial charge in [0.25, 0.3) is 0 Å². The fourth-order valence-electron chi connectivity index (χ4n) is 1.38. The number of benzene rings is 1. The minimum Gasteiger partial charge on any atom is -0.297 e. The summed E-state index contributed by atoms with van der Waals surface area (Å²) in [7, 11) is 0. The molecule has 0 fully saturated rings. The van der Waals surface area contributed by atoms with E-state index in [2.05, 4.69) is 26.0 Å². The third-order valence-electron chi connectivity index (χ3n) is 2.27. The molecule has 0 aliphatic heterocycles. The minimum absolute atomic E-state index is 0.806. The Morgan fingerprint density at radius 1 is 1.15 bits per heavy atom. The molecule has 1 nitrogen and oxygen atoms in total. The van der Waals surface area contributed by atoms with Crippen LogP contribution in [0.2, 0.25) is 0 Å². The van der Waals surface area contributed by atoms with Gasteiger partial charge in [-0.15, -0.1) is 11.3 Å². The van der Waals surface area contributed by atoms with Crippen molar-refractivity contribution in [2.24, 2.45) is 0 Å². The average Bonchev–Trinajstić information content (AvgIpc) is 2.48. The molecule has 66 valence electrons. The first-order valence-electron chi connectivity index (χ1n) is 4.16. The molecule has 0 saturated heterocycles. The lowest BCUT2D eigenvalue weighted by molar-refractivity contribution is 0.112. The maximum Gasteiger partial charge on any atom is 0.160 e. The van der Waals surface area contributed by atoms with Gasteiger partial charge < -0.3 is 0 Å². The molecule has 1 aromatic carbocycles. The maximum atomic E-state index is 10.6. The fraction of sp³-hybridized carbons (Fsp3) is 0.182. The monoisotopic (exact) mass is 190 g/mol. The van der Waals surface area contributed by atoms with E-state index in [1.165, 1.54) is 21.2 Å². The highest BCUT2D eigenvalue weighted by Crippen LogP contribution is 2.27. The number of carbonyl (C=O) groups is 1. The van der Waals surface area contributed by atoms with Crippen LogP contribution in [-0.4, -0.2) is 6.29 Å². The molecule has 0 bridgehead atoms. The Bertz CT molecular complexity index is 429. The minimum atomic E-state index is 0.806. The maximum absolute atomic E-state index is 10.6. The van der Waals surface area contributed by atoms with E-state index in [4.69, 9.17) is 0 Å². The van der Waals surface area contributed by atoms with Crippen LogP contribution in [0.4, 0.5) is 0 Å². The Kier molecular flexibility index (Phi) is 1.93. The average molecular weight is 190 g/mol. The number of hydrogen-bond acceptors (Lipinski definition) is 2. The first-order valence-corrected chi connectivity index (χ1v) is 4.98. The number of rotatable bonds is 1. The molecule has 0 N–H and O–H groups in total. The van der Waals surface area contributed by atoms with Gasteiger partial charge in [-0.2, -0.15) is 0 Å². The van der Waals surface area contributed by atoms with Gasteiger partial charge in [0.1, 0.15) is 0 Å². The van der Waals surface area contributed by atoms with Crippen LogP contribution in [0.5, 0.6) is 0 Å². The van der Waals surface area contributed by atoms with Crippen LogP contribution in [0.25, 0.3) is 10.1 Å². The molecule has 0 radical (unpaired) electrons. The smallest absolute Gasteiger partial charge is 0.160 e. The van der Waals surface area contributed by atoms with Crippen LogP contribution in [0.1, 0.15) is 20.8 Å². The molecule has 1 heterocycles. The second-order valence-electron chi connectivity index (χ2n) is 3.24. The standard InChI is InChI=1S/C11H10OS/c1-7-3-9-5-10(6-12)13-11(9)4-8(7)2/h3-6H,1-2H3. The first kappa shape index (κ1) is 8.45. The zero-order valence-corrected chi connectivity index (χ0v) is 8.44. The molecule has 0 amide bonds. The highest BCUT2D eigenvalue weighted by molar-refractivity contribution is 7.20. The van der Waals surface area contributed by atoms with Crippen LogP contribution < -0.4 is 0 Å². The van der Waals surface area contributed by atoms with Crippen molar-refractivity contribution in [3.05, 3.63) is 34.2 Å². The zero-order valence-electron chi connectivity index (χ0n) is 7.63. The zero-order chi connectivity index (χ0) is 9.42. The predicted molar refractivity (Wildman–Crippen MR) is 56.7 cm³/mol. The van der Waals surface area contributed by atoms with E-state index >= 15 is 0 Å². The second kappa shape index (κ2) is 2.96. The Morgan fingerprint density at radius 2 is 1.85 bits per heavy atom. The number of aldehydes is 1. The summed E-state index contributed by atoms with van der Waals surface area (Å²) in [4.78, 5) is 11.4. The Hall–Kier alpha value is -1.15. The Balaban J connectivity index is 2.77. The lowest BCUT2D eigenvalue weighted by Crippen LogP contribution is -1.77. The molecule has 0 unspecified atom stereocenters. The van der Waals surface area contributed by atoms with E-state index in [1.54, 1.807) is 11.3 Å². The highest BCUT2D eigenvalue weighted by atomic mass is 32.1. The topological polar surface area (TPSA) is 17.1 Å². The number of carbonyl (C=O) groups excluding carboxylic acids is 1. The van der Waals surface area contributed by atoms with E-state index in [1.807, 2.05) is 6.07 Å². The van der Waals surface area contributed by atoms with Gasteiger partial charge in [-0.1, -0.05) is 6.07 Å². The van der Waals surface area contributed by atoms with Gasteiger partial charge in [0.2, 0.25) is 0 Å². The molecular formula is C11H10OS. The molecule has 0 atom stereocenters. The van der Waals surface area contributed by atoms with Crippen LogP contribution in [0.3, 0.4) is 0 Å². The number of hydrogen-bond donors (Lipinski definition) is 0. The van der Waals surface area contributed by atoms with Gasteiger partial charge in [0.05, 0.1) is 4.88 Å². The van der Waals surface area contributed by atoms with E-state index in [0.717, 1.165) is 11.2 Å². The van der Waals surface area contributed by atoms with Crippen molar-refractivity contribution < 1.29 is 4.79 Å². The lowest BCUT2D eigenvalue weighted by Gasteiger charge is -1.97. The summed E-state index contributed by atoms with van der Waals surface area (Å²) in [6.45, 7) is 4.18. The molecule has 0 aliphatic carbocycles. The van der Waals surface area contributed by atoms with Gasteiger partial charge in [-0.25, -0.2) is 0 Å². The SMILES string of the molecule is Cc1cc2cc(C=O)sc2cc1C. The quantitative estimate of drug-likeness (QED) is 0.630. The summed E-state index contributed by atoms with van der Waals surface area (Å²) in [5, 5.41) is 1.18. The van der Waals surface area contributed by atoms with Gasteiger partial charge in [-0.05, 0) is 42.5 Å². The lowest BCUT2D eigenvalue weighted by atomic mass is 10.1. The molecular weight excluding hydrogens is 180 g/mol.